The van der Waals surface area contributed by atoms with Gasteiger partial charge in [0, 0.05) is 29.7 Å². The summed E-state index contributed by atoms with van der Waals surface area (Å²) in [5.41, 5.74) is 7.49. The van der Waals surface area contributed by atoms with Crippen LogP contribution in [0.5, 0.6) is 0 Å². The van der Waals surface area contributed by atoms with Gasteiger partial charge in [0.1, 0.15) is 12.6 Å². The smallest absolute Gasteiger partial charge is 0.407 e. The molecular weight excluding hydrogens is 502 g/mol. The Morgan fingerprint density at radius 2 is 1.40 bits per heavy atom. The van der Waals surface area contributed by atoms with Crippen molar-refractivity contribution in [3.05, 3.63) is 132 Å². The largest absolute Gasteiger partial charge is 0.480 e. The van der Waals surface area contributed by atoms with Crippen LogP contribution in [0.25, 0.3) is 28.1 Å². The van der Waals surface area contributed by atoms with Crippen LogP contribution >= 0.6 is 0 Å². The normalized spacial score (nSPS) is 12.8. The first-order chi connectivity index (χ1) is 19.6. The number of carboxylic acid groups (broad SMARTS) is 1. The maximum Gasteiger partial charge on any atom is 0.407 e. The topological polar surface area (TPSA) is 93.5 Å². The first-order valence-corrected chi connectivity index (χ1v) is 13.1. The molecule has 5 aromatic rings. The van der Waals surface area contributed by atoms with Gasteiger partial charge in [0.25, 0.3) is 0 Å². The molecule has 4 aromatic carbocycles. The molecule has 0 saturated heterocycles. The van der Waals surface area contributed by atoms with Gasteiger partial charge in [-0.15, -0.1) is 0 Å². The van der Waals surface area contributed by atoms with Crippen LogP contribution in [0.2, 0.25) is 0 Å². The minimum atomic E-state index is -1.20. The predicted octanol–water partition coefficient (Wildman–Crippen LogP) is 6.07. The van der Waals surface area contributed by atoms with Gasteiger partial charge in [-0.25, -0.2) is 14.3 Å². The van der Waals surface area contributed by atoms with E-state index in [4.69, 9.17) is 9.84 Å². The molecule has 1 atom stereocenters. The number of nitrogens with one attached hydrogen (secondary N) is 1. The number of fused-ring (bicyclic) bond motifs is 3. The molecule has 1 amide bonds. The number of rotatable bonds is 8. The summed E-state index contributed by atoms with van der Waals surface area (Å²) in [4.78, 5) is 25.1. The van der Waals surface area contributed by atoms with Crippen LogP contribution in [-0.4, -0.2) is 39.6 Å². The third kappa shape index (κ3) is 4.97. The molecule has 1 aromatic heterocycles. The number of nitrogens with zero attached hydrogens (tertiary/aromatic N) is 2. The van der Waals surface area contributed by atoms with Crippen molar-refractivity contribution in [1.29, 1.82) is 0 Å². The molecule has 0 saturated carbocycles. The van der Waals surface area contributed by atoms with E-state index >= 15 is 0 Å². The van der Waals surface area contributed by atoms with Gasteiger partial charge in [-0.2, -0.15) is 5.10 Å². The highest BCUT2D eigenvalue weighted by atomic mass is 16.5. The summed E-state index contributed by atoms with van der Waals surface area (Å²) < 4.78 is 7.34. The fourth-order valence-electron chi connectivity index (χ4n) is 5.31. The Labute approximate surface area is 231 Å². The van der Waals surface area contributed by atoms with Crippen LogP contribution in [0.4, 0.5) is 4.79 Å². The van der Waals surface area contributed by atoms with E-state index in [0.717, 1.165) is 33.5 Å². The van der Waals surface area contributed by atoms with E-state index in [1.807, 2.05) is 103 Å². The Kier molecular flexibility index (Phi) is 6.85. The number of alkyl carbamates (subject to hydrolysis) is 1. The van der Waals surface area contributed by atoms with Crippen molar-refractivity contribution in [3.8, 4) is 28.1 Å². The zero-order valence-corrected chi connectivity index (χ0v) is 21.6. The average Bonchev–Trinajstić information content (AvgIpc) is 3.56. The summed E-state index contributed by atoms with van der Waals surface area (Å²) in [5.74, 6) is -1.27. The number of carbonyl (C=O) groups excluding carboxylic acids is 1. The van der Waals surface area contributed by atoms with Gasteiger partial charge in [0.15, 0.2) is 0 Å². The van der Waals surface area contributed by atoms with E-state index in [9.17, 15) is 14.7 Å². The van der Waals surface area contributed by atoms with E-state index < -0.39 is 18.1 Å². The maximum absolute atomic E-state index is 12.9. The van der Waals surface area contributed by atoms with E-state index in [0.29, 0.717) is 11.3 Å². The molecule has 0 radical (unpaired) electrons. The average molecular weight is 530 g/mol. The summed E-state index contributed by atoms with van der Waals surface area (Å²) in [7, 11) is 0. The monoisotopic (exact) mass is 529 g/mol. The van der Waals surface area contributed by atoms with Crippen molar-refractivity contribution in [3.63, 3.8) is 0 Å². The van der Waals surface area contributed by atoms with Crippen LogP contribution in [0.3, 0.4) is 0 Å². The number of carboxylic acids is 1. The standard InChI is InChI=1S/C33H27N3O4/c37-32(38)30(19-23-20-36(24-13-5-2-6-14-24)35-31(23)22-11-3-1-4-12-22)34-33(39)40-21-29-27-17-9-7-15-25(27)26-16-8-10-18-28(26)29/h1-18,20,29-30H,19,21H2,(H,34,39)(H,37,38). The zero-order valence-electron chi connectivity index (χ0n) is 21.6. The van der Waals surface area contributed by atoms with Crippen molar-refractivity contribution in [2.75, 3.05) is 6.61 Å². The Hall–Kier alpha value is -5.17. The van der Waals surface area contributed by atoms with Gasteiger partial charge in [0.2, 0.25) is 0 Å². The fourth-order valence-corrected chi connectivity index (χ4v) is 5.31. The maximum atomic E-state index is 12.9. The highest BCUT2D eigenvalue weighted by Crippen LogP contribution is 2.44. The zero-order chi connectivity index (χ0) is 27.5. The highest BCUT2D eigenvalue weighted by Gasteiger charge is 2.30. The molecule has 1 aliphatic rings. The van der Waals surface area contributed by atoms with Crippen LogP contribution < -0.4 is 5.32 Å². The van der Waals surface area contributed by atoms with E-state index in [2.05, 4.69) is 17.4 Å². The summed E-state index contributed by atoms with van der Waals surface area (Å²) >= 11 is 0. The summed E-state index contributed by atoms with van der Waals surface area (Å²) in [5, 5.41) is 17.3. The number of carbonyl (C=O) groups is 2. The Morgan fingerprint density at radius 1 is 0.825 bits per heavy atom. The predicted molar refractivity (Wildman–Crippen MR) is 152 cm³/mol. The number of amides is 1. The second-order valence-corrected chi connectivity index (χ2v) is 9.71. The minimum absolute atomic E-state index is 0.0383. The summed E-state index contributed by atoms with van der Waals surface area (Å²) in [6.45, 7) is 0.105. The minimum Gasteiger partial charge on any atom is -0.480 e. The molecular formula is C33H27N3O4. The molecule has 0 aliphatic heterocycles. The second-order valence-electron chi connectivity index (χ2n) is 9.71. The number of hydrogen-bond donors (Lipinski definition) is 2. The molecule has 7 heteroatoms. The van der Waals surface area contributed by atoms with E-state index in [-0.39, 0.29) is 18.9 Å². The van der Waals surface area contributed by atoms with Crippen LogP contribution in [0.15, 0.2) is 115 Å². The lowest BCUT2D eigenvalue weighted by molar-refractivity contribution is -0.139. The molecule has 1 heterocycles. The summed E-state index contributed by atoms with van der Waals surface area (Å²) in [6, 6.07) is 34.1. The van der Waals surface area contributed by atoms with Crippen molar-refractivity contribution in [2.24, 2.45) is 0 Å². The Morgan fingerprint density at radius 3 is 2.02 bits per heavy atom. The Bertz CT molecular complexity index is 1620. The molecule has 1 aliphatic carbocycles. The number of ether oxygens (including phenoxy) is 1. The van der Waals surface area contributed by atoms with Crippen molar-refractivity contribution >= 4 is 12.1 Å². The quantitative estimate of drug-likeness (QED) is 0.254. The first kappa shape index (κ1) is 25.1. The Balaban J connectivity index is 1.20. The second kappa shape index (κ2) is 10.9. The van der Waals surface area contributed by atoms with Crippen LogP contribution in [0.1, 0.15) is 22.6 Å². The SMILES string of the molecule is O=C(NC(Cc1cn(-c2ccccc2)nc1-c1ccccc1)C(=O)O)OCC1c2ccccc2-c2ccccc21. The van der Waals surface area contributed by atoms with E-state index in [1.54, 1.807) is 4.68 Å². The van der Waals surface area contributed by atoms with Crippen LogP contribution in [0, 0.1) is 0 Å². The molecule has 1 unspecified atom stereocenters. The third-order valence-corrected chi connectivity index (χ3v) is 7.22. The third-order valence-electron chi connectivity index (χ3n) is 7.22. The molecule has 6 rings (SSSR count). The van der Waals surface area contributed by atoms with Gasteiger partial charge in [-0.3, -0.25) is 0 Å². The molecule has 40 heavy (non-hydrogen) atoms. The lowest BCUT2D eigenvalue weighted by Gasteiger charge is -2.17. The number of aromatic nitrogens is 2. The molecule has 2 N–H and O–H groups in total. The number of hydrogen-bond acceptors (Lipinski definition) is 4. The molecule has 198 valence electrons. The highest BCUT2D eigenvalue weighted by molar-refractivity contribution is 5.81. The molecule has 0 bridgehead atoms. The molecule has 0 fully saturated rings. The van der Waals surface area contributed by atoms with Crippen molar-refractivity contribution < 1.29 is 19.4 Å². The molecule has 0 spiro atoms. The number of aliphatic carboxylic acids is 1. The van der Waals surface area contributed by atoms with Gasteiger partial charge >= 0.3 is 12.1 Å². The lowest BCUT2D eigenvalue weighted by Crippen LogP contribution is -2.43. The van der Waals surface area contributed by atoms with Crippen molar-refractivity contribution in [2.45, 2.75) is 18.4 Å². The lowest BCUT2D eigenvalue weighted by atomic mass is 9.98. The molecule has 7 nitrogen and oxygen atoms in total. The first-order valence-electron chi connectivity index (χ1n) is 13.1. The summed E-state index contributed by atoms with van der Waals surface area (Å²) in [6.07, 6.45) is 1.08. The van der Waals surface area contributed by atoms with Gasteiger partial charge in [-0.1, -0.05) is 97.1 Å². The van der Waals surface area contributed by atoms with Gasteiger partial charge in [0.05, 0.1) is 11.4 Å². The van der Waals surface area contributed by atoms with Gasteiger partial charge < -0.3 is 15.2 Å². The van der Waals surface area contributed by atoms with Crippen molar-refractivity contribution in [1.82, 2.24) is 15.1 Å². The fraction of sp³-hybridized carbons (Fsp3) is 0.121. The van der Waals surface area contributed by atoms with Crippen LogP contribution in [-0.2, 0) is 16.0 Å². The van der Waals surface area contributed by atoms with E-state index in [1.165, 1.54) is 0 Å². The number of para-hydroxylation sites is 1. The number of benzene rings is 4. The van der Waals surface area contributed by atoms with Gasteiger partial charge in [-0.05, 0) is 34.4 Å².